The first-order chi connectivity index (χ1) is 15.1. The molecule has 1 amide bonds. The molecular weight excluding hydrogens is 413 g/mol. The average Bonchev–Trinajstić information content (AvgIpc) is 3.12. The third-order valence-electron chi connectivity index (χ3n) is 4.90. The van der Waals surface area contributed by atoms with Crippen LogP contribution >= 0.6 is 11.6 Å². The third-order valence-corrected chi connectivity index (χ3v) is 5.23. The first-order valence-electron chi connectivity index (χ1n) is 9.56. The van der Waals surface area contributed by atoms with E-state index in [-0.39, 0.29) is 11.4 Å². The number of benzene rings is 3. The second-order valence-electron chi connectivity index (χ2n) is 6.92. The van der Waals surface area contributed by atoms with Crippen LogP contribution in [0.3, 0.4) is 0 Å². The van der Waals surface area contributed by atoms with Gasteiger partial charge >= 0.3 is 0 Å². The van der Waals surface area contributed by atoms with Crippen molar-refractivity contribution < 1.29 is 9.18 Å². The van der Waals surface area contributed by atoms with E-state index in [0.717, 1.165) is 10.9 Å². The van der Waals surface area contributed by atoms with Crippen LogP contribution < -0.4 is 5.32 Å². The largest absolute Gasteiger partial charge is 0.342 e. The molecule has 0 unspecified atom stereocenters. The smallest absolute Gasteiger partial charge is 0.266 e. The summed E-state index contributed by atoms with van der Waals surface area (Å²) in [5.74, 6) is -0.837. The van der Waals surface area contributed by atoms with Crippen LogP contribution in [-0.4, -0.2) is 10.5 Å². The van der Waals surface area contributed by atoms with Gasteiger partial charge in [0.2, 0.25) is 0 Å². The molecule has 4 aromatic rings. The van der Waals surface area contributed by atoms with E-state index >= 15 is 0 Å². The van der Waals surface area contributed by atoms with Gasteiger partial charge in [0.1, 0.15) is 17.5 Å². The number of nitrogens with one attached hydrogen (secondary N) is 1. The predicted molar refractivity (Wildman–Crippen MR) is 121 cm³/mol. The summed E-state index contributed by atoms with van der Waals surface area (Å²) >= 11 is 6.10. The van der Waals surface area contributed by atoms with E-state index in [0.29, 0.717) is 28.4 Å². The van der Waals surface area contributed by atoms with Crippen molar-refractivity contribution in [2.24, 2.45) is 0 Å². The Morgan fingerprint density at radius 2 is 1.77 bits per heavy atom. The first-order valence-corrected chi connectivity index (χ1v) is 9.93. The number of nitriles is 1. The third kappa shape index (κ3) is 4.35. The number of rotatable bonds is 5. The van der Waals surface area contributed by atoms with Crippen molar-refractivity contribution in [1.82, 2.24) is 4.57 Å². The van der Waals surface area contributed by atoms with Crippen LogP contribution in [-0.2, 0) is 11.3 Å². The van der Waals surface area contributed by atoms with Crippen LogP contribution in [0, 0.1) is 17.1 Å². The molecule has 0 bridgehead atoms. The number of nitrogens with zero attached hydrogens (tertiary/aromatic N) is 2. The Balaban J connectivity index is 1.71. The fraction of sp³-hybridized carbons (Fsp3) is 0.0400. The highest BCUT2D eigenvalue weighted by Crippen LogP contribution is 2.26. The monoisotopic (exact) mass is 429 g/mol. The van der Waals surface area contributed by atoms with Gasteiger partial charge in [0, 0.05) is 28.2 Å². The van der Waals surface area contributed by atoms with Crippen molar-refractivity contribution in [3.63, 3.8) is 0 Å². The van der Waals surface area contributed by atoms with Crippen LogP contribution in [0.2, 0.25) is 5.02 Å². The SMILES string of the molecule is N#C/C(=C/c1cn(Cc2ccccc2F)c2ccccc12)C(=O)Nc1ccccc1Cl. The highest BCUT2D eigenvalue weighted by molar-refractivity contribution is 6.34. The van der Waals surface area contributed by atoms with Crippen molar-refractivity contribution in [2.45, 2.75) is 6.54 Å². The lowest BCUT2D eigenvalue weighted by Gasteiger charge is -2.06. The molecular formula is C25H17ClFN3O. The highest BCUT2D eigenvalue weighted by atomic mass is 35.5. The van der Waals surface area contributed by atoms with Crippen molar-refractivity contribution in [2.75, 3.05) is 5.32 Å². The molecule has 0 aliphatic rings. The zero-order valence-corrected chi connectivity index (χ0v) is 17.1. The number of fused-ring (bicyclic) bond motifs is 1. The molecule has 0 fully saturated rings. The summed E-state index contributed by atoms with van der Waals surface area (Å²) in [4.78, 5) is 12.7. The van der Waals surface area contributed by atoms with Crippen LogP contribution in [0.4, 0.5) is 10.1 Å². The van der Waals surface area contributed by atoms with Gasteiger partial charge in [-0.2, -0.15) is 5.26 Å². The summed E-state index contributed by atoms with van der Waals surface area (Å²) in [5.41, 5.74) is 2.49. The van der Waals surface area contributed by atoms with Gasteiger partial charge < -0.3 is 9.88 Å². The maximum absolute atomic E-state index is 14.2. The van der Waals surface area contributed by atoms with E-state index in [4.69, 9.17) is 11.6 Å². The molecule has 1 aromatic heterocycles. The van der Waals surface area contributed by atoms with Gasteiger partial charge in [-0.05, 0) is 30.3 Å². The lowest BCUT2D eigenvalue weighted by atomic mass is 10.1. The average molecular weight is 430 g/mol. The quantitative estimate of drug-likeness (QED) is 0.311. The molecule has 0 aliphatic carbocycles. The van der Waals surface area contributed by atoms with Gasteiger partial charge in [0.05, 0.1) is 17.3 Å². The number of amides is 1. The van der Waals surface area contributed by atoms with Crippen molar-refractivity contribution in [1.29, 1.82) is 5.26 Å². The summed E-state index contributed by atoms with van der Waals surface area (Å²) in [6, 6.07) is 23.0. The molecule has 1 N–H and O–H groups in total. The maximum atomic E-state index is 14.2. The van der Waals surface area contributed by atoms with Crippen molar-refractivity contribution >= 4 is 40.2 Å². The van der Waals surface area contributed by atoms with Crippen LogP contribution in [0.1, 0.15) is 11.1 Å². The Bertz CT molecular complexity index is 1350. The lowest BCUT2D eigenvalue weighted by molar-refractivity contribution is -0.112. The normalized spacial score (nSPS) is 11.3. The molecule has 3 aromatic carbocycles. The molecule has 0 atom stereocenters. The topological polar surface area (TPSA) is 57.8 Å². The number of hydrogen-bond donors (Lipinski definition) is 1. The number of hydrogen-bond acceptors (Lipinski definition) is 2. The molecule has 152 valence electrons. The summed E-state index contributed by atoms with van der Waals surface area (Å²) < 4.78 is 16.1. The minimum Gasteiger partial charge on any atom is -0.342 e. The van der Waals surface area contributed by atoms with Gasteiger partial charge in [-0.1, -0.05) is 60.1 Å². The number of carbonyl (C=O) groups is 1. The molecule has 0 saturated heterocycles. The van der Waals surface area contributed by atoms with Gasteiger partial charge in [-0.25, -0.2) is 4.39 Å². The van der Waals surface area contributed by atoms with Crippen molar-refractivity contribution in [3.05, 3.63) is 107 Å². The zero-order chi connectivity index (χ0) is 21.8. The van der Waals surface area contributed by atoms with E-state index in [2.05, 4.69) is 5.32 Å². The molecule has 0 aliphatic heterocycles. The first kappa shape index (κ1) is 20.4. The standard InChI is InChI=1S/C25H17ClFN3O/c26-21-9-3-5-11-23(21)29-25(31)18(14-28)13-19-16-30(24-12-6-2-8-20(19)24)15-17-7-1-4-10-22(17)27/h1-13,16H,15H2,(H,29,31)/b18-13-. The van der Waals surface area contributed by atoms with E-state index < -0.39 is 5.91 Å². The second kappa shape index (κ2) is 8.86. The molecule has 31 heavy (non-hydrogen) atoms. The number of halogens is 2. The molecule has 6 heteroatoms. The fourth-order valence-electron chi connectivity index (χ4n) is 3.39. The fourth-order valence-corrected chi connectivity index (χ4v) is 3.57. The molecule has 0 spiro atoms. The second-order valence-corrected chi connectivity index (χ2v) is 7.33. The zero-order valence-electron chi connectivity index (χ0n) is 16.3. The van der Waals surface area contributed by atoms with Gasteiger partial charge in [-0.3, -0.25) is 4.79 Å². The van der Waals surface area contributed by atoms with Crippen LogP contribution in [0.15, 0.2) is 84.6 Å². The number of para-hydroxylation sites is 2. The predicted octanol–water partition coefficient (Wildman–Crippen LogP) is 6.03. The number of anilines is 1. The summed E-state index contributed by atoms with van der Waals surface area (Å²) in [5, 5.41) is 13.5. The lowest BCUT2D eigenvalue weighted by Crippen LogP contribution is -2.13. The molecule has 0 radical (unpaired) electrons. The molecule has 4 rings (SSSR count). The highest BCUT2D eigenvalue weighted by Gasteiger charge is 2.14. The number of carbonyl (C=O) groups excluding carboxylic acids is 1. The number of aromatic nitrogens is 1. The molecule has 1 heterocycles. The maximum Gasteiger partial charge on any atom is 0.266 e. The Morgan fingerprint density at radius 1 is 1.06 bits per heavy atom. The van der Waals surface area contributed by atoms with Gasteiger partial charge in [-0.15, -0.1) is 0 Å². The Labute approximate surface area is 183 Å². The van der Waals surface area contributed by atoms with E-state index in [1.165, 1.54) is 12.1 Å². The Kier molecular flexibility index (Phi) is 5.83. The summed E-state index contributed by atoms with van der Waals surface area (Å²) in [6.45, 7) is 0.328. The Hall–Kier alpha value is -3.88. The van der Waals surface area contributed by atoms with E-state index in [1.54, 1.807) is 42.5 Å². The van der Waals surface area contributed by atoms with Crippen LogP contribution in [0.25, 0.3) is 17.0 Å². The van der Waals surface area contributed by atoms with Gasteiger partial charge in [0.15, 0.2) is 0 Å². The minimum atomic E-state index is -0.554. The van der Waals surface area contributed by atoms with E-state index in [1.807, 2.05) is 41.1 Å². The summed E-state index contributed by atoms with van der Waals surface area (Å²) in [7, 11) is 0. The Morgan fingerprint density at radius 3 is 2.55 bits per heavy atom. The summed E-state index contributed by atoms with van der Waals surface area (Å²) in [6.07, 6.45) is 3.35. The molecule has 0 saturated carbocycles. The van der Waals surface area contributed by atoms with Crippen molar-refractivity contribution in [3.8, 4) is 6.07 Å². The van der Waals surface area contributed by atoms with Gasteiger partial charge in [0.25, 0.3) is 5.91 Å². The van der Waals surface area contributed by atoms with Crippen LogP contribution in [0.5, 0.6) is 0 Å². The minimum absolute atomic E-state index is 0.0614. The molecule has 4 nitrogen and oxygen atoms in total. The van der Waals surface area contributed by atoms with E-state index in [9.17, 15) is 14.4 Å².